The Kier molecular flexibility index (Phi) is 4.72. The molecule has 0 fully saturated rings. The van der Waals surface area contributed by atoms with Crippen LogP contribution < -0.4 is 5.73 Å². The van der Waals surface area contributed by atoms with Crippen LogP contribution >= 0.6 is 0 Å². The van der Waals surface area contributed by atoms with E-state index in [-0.39, 0.29) is 0 Å². The average molecular weight is 167 g/mol. The van der Waals surface area contributed by atoms with Crippen molar-refractivity contribution in [3.63, 3.8) is 0 Å². The van der Waals surface area contributed by atoms with Crippen molar-refractivity contribution in [1.82, 2.24) is 0 Å². The standard InChI is InChI=1S/C11H21N/c1-6-8(2)7-9(3)10(4)11(5)12/h8-9H,4-7,12H2,1-3H3. The maximum Gasteiger partial charge on any atom is 0.0270 e. The van der Waals surface area contributed by atoms with Crippen molar-refractivity contribution in [2.75, 3.05) is 0 Å². The monoisotopic (exact) mass is 167 g/mol. The summed E-state index contributed by atoms with van der Waals surface area (Å²) in [5, 5.41) is 0. The Morgan fingerprint density at radius 3 is 2.17 bits per heavy atom. The summed E-state index contributed by atoms with van der Waals surface area (Å²) in [5.74, 6) is 1.22. The summed E-state index contributed by atoms with van der Waals surface area (Å²) < 4.78 is 0. The third-order valence-electron chi connectivity index (χ3n) is 2.46. The molecule has 1 nitrogen and oxygen atoms in total. The molecule has 12 heavy (non-hydrogen) atoms. The molecule has 2 atom stereocenters. The van der Waals surface area contributed by atoms with Crippen molar-refractivity contribution < 1.29 is 0 Å². The van der Waals surface area contributed by atoms with Gasteiger partial charge in [-0.1, -0.05) is 40.3 Å². The molecule has 0 saturated heterocycles. The summed E-state index contributed by atoms with van der Waals surface area (Å²) in [4.78, 5) is 0. The second kappa shape index (κ2) is 5.02. The lowest BCUT2D eigenvalue weighted by Gasteiger charge is -2.17. The number of nitrogens with two attached hydrogens (primary N) is 1. The van der Waals surface area contributed by atoms with Crippen LogP contribution in [-0.4, -0.2) is 0 Å². The highest BCUT2D eigenvalue weighted by Crippen LogP contribution is 2.22. The van der Waals surface area contributed by atoms with Gasteiger partial charge < -0.3 is 5.73 Å². The molecule has 0 saturated carbocycles. The minimum Gasteiger partial charge on any atom is -0.399 e. The summed E-state index contributed by atoms with van der Waals surface area (Å²) in [6, 6.07) is 0. The van der Waals surface area contributed by atoms with Gasteiger partial charge in [0.05, 0.1) is 0 Å². The van der Waals surface area contributed by atoms with E-state index in [9.17, 15) is 0 Å². The molecule has 0 spiro atoms. The third-order valence-corrected chi connectivity index (χ3v) is 2.46. The molecular formula is C11H21N. The first-order valence-electron chi connectivity index (χ1n) is 4.62. The molecule has 1 heteroatoms. The summed E-state index contributed by atoms with van der Waals surface area (Å²) >= 11 is 0. The molecule has 0 aliphatic carbocycles. The van der Waals surface area contributed by atoms with Gasteiger partial charge in [-0.3, -0.25) is 0 Å². The fourth-order valence-electron chi connectivity index (χ4n) is 1.23. The Morgan fingerprint density at radius 2 is 1.83 bits per heavy atom. The molecule has 70 valence electrons. The summed E-state index contributed by atoms with van der Waals surface area (Å²) in [6.07, 6.45) is 2.38. The molecule has 0 heterocycles. The van der Waals surface area contributed by atoms with Crippen LogP contribution in [0.4, 0.5) is 0 Å². The lowest BCUT2D eigenvalue weighted by Crippen LogP contribution is -2.09. The zero-order valence-electron chi connectivity index (χ0n) is 8.56. The van der Waals surface area contributed by atoms with Crippen LogP contribution in [0.25, 0.3) is 0 Å². The van der Waals surface area contributed by atoms with E-state index in [1.165, 1.54) is 6.42 Å². The van der Waals surface area contributed by atoms with Crippen molar-refractivity contribution in [2.24, 2.45) is 17.6 Å². The maximum absolute atomic E-state index is 5.56. The molecule has 2 N–H and O–H groups in total. The first kappa shape index (κ1) is 11.3. The van der Waals surface area contributed by atoms with Crippen molar-refractivity contribution in [3.05, 3.63) is 24.4 Å². The van der Waals surface area contributed by atoms with Crippen LogP contribution in [0.2, 0.25) is 0 Å². The minimum absolute atomic E-state index is 0.470. The first-order chi connectivity index (χ1) is 5.49. The zero-order chi connectivity index (χ0) is 9.72. The van der Waals surface area contributed by atoms with Crippen molar-refractivity contribution in [3.8, 4) is 0 Å². The highest BCUT2D eigenvalue weighted by molar-refractivity contribution is 5.23. The molecule has 0 bridgehead atoms. The lowest BCUT2D eigenvalue weighted by atomic mass is 9.89. The predicted molar refractivity (Wildman–Crippen MR) is 55.7 cm³/mol. The maximum atomic E-state index is 5.56. The summed E-state index contributed by atoms with van der Waals surface area (Å²) in [6.45, 7) is 14.2. The normalized spacial score (nSPS) is 15.2. The van der Waals surface area contributed by atoms with E-state index in [1.807, 2.05) is 0 Å². The highest BCUT2D eigenvalue weighted by atomic mass is 14.6. The van der Waals surface area contributed by atoms with Gasteiger partial charge in [0.1, 0.15) is 0 Å². The number of hydrogen-bond acceptors (Lipinski definition) is 1. The zero-order valence-corrected chi connectivity index (χ0v) is 8.56. The number of rotatable bonds is 5. The second-order valence-electron chi connectivity index (χ2n) is 3.70. The van der Waals surface area contributed by atoms with Crippen molar-refractivity contribution in [1.29, 1.82) is 0 Å². The molecule has 0 rings (SSSR count). The van der Waals surface area contributed by atoms with Crippen molar-refractivity contribution in [2.45, 2.75) is 33.6 Å². The van der Waals surface area contributed by atoms with Gasteiger partial charge in [0.2, 0.25) is 0 Å². The molecule has 0 aromatic rings. The van der Waals surface area contributed by atoms with Crippen LogP contribution in [0.1, 0.15) is 33.6 Å². The first-order valence-corrected chi connectivity index (χ1v) is 4.62. The second-order valence-corrected chi connectivity index (χ2v) is 3.70. The SMILES string of the molecule is C=C(N)C(=C)C(C)CC(C)CC. The van der Waals surface area contributed by atoms with E-state index < -0.39 is 0 Å². The van der Waals surface area contributed by atoms with E-state index in [0.29, 0.717) is 11.6 Å². The molecule has 0 radical (unpaired) electrons. The van der Waals surface area contributed by atoms with Crippen LogP contribution in [0.15, 0.2) is 24.4 Å². The van der Waals surface area contributed by atoms with Crippen LogP contribution in [0.5, 0.6) is 0 Å². The topological polar surface area (TPSA) is 26.0 Å². The van der Waals surface area contributed by atoms with Gasteiger partial charge in [-0.2, -0.15) is 0 Å². The van der Waals surface area contributed by atoms with E-state index in [1.54, 1.807) is 0 Å². The van der Waals surface area contributed by atoms with Gasteiger partial charge in [-0.25, -0.2) is 0 Å². The Hall–Kier alpha value is -0.720. The average Bonchev–Trinajstić information content (AvgIpc) is 2.02. The molecule has 0 aromatic carbocycles. The van der Waals surface area contributed by atoms with E-state index in [2.05, 4.69) is 33.9 Å². The molecular weight excluding hydrogens is 146 g/mol. The van der Waals surface area contributed by atoms with Gasteiger partial charge in [-0.15, -0.1) is 0 Å². The largest absolute Gasteiger partial charge is 0.399 e. The van der Waals surface area contributed by atoms with Gasteiger partial charge in [0, 0.05) is 5.70 Å². The van der Waals surface area contributed by atoms with Gasteiger partial charge in [0.25, 0.3) is 0 Å². The van der Waals surface area contributed by atoms with E-state index >= 15 is 0 Å². The number of allylic oxidation sites excluding steroid dienone is 1. The van der Waals surface area contributed by atoms with E-state index in [4.69, 9.17) is 5.73 Å². The van der Waals surface area contributed by atoms with E-state index in [0.717, 1.165) is 17.9 Å². The summed E-state index contributed by atoms with van der Waals surface area (Å²) in [7, 11) is 0. The molecule has 2 unspecified atom stereocenters. The molecule has 0 aliphatic rings. The quantitative estimate of drug-likeness (QED) is 0.626. The molecule has 0 aromatic heterocycles. The van der Waals surface area contributed by atoms with Crippen LogP contribution in [-0.2, 0) is 0 Å². The fraction of sp³-hybridized carbons (Fsp3) is 0.636. The highest BCUT2D eigenvalue weighted by Gasteiger charge is 2.10. The van der Waals surface area contributed by atoms with Crippen LogP contribution in [0.3, 0.4) is 0 Å². The Morgan fingerprint density at radius 1 is 1.33 bits per heavy atom. The predicted octanol–water partition coefficient (Wildman–Crippen LogP) is 3.09. The number of hydrogen-bond donors (Lipinski definition) is 1. The Bertz CT molecular complexity index is 170. The van der Waals surface area contributed by atoms with Gasteiger partial charge >= 0.3 is 0 Å². The Balaban J connectivity index is 3.95. The Labute approximate surface area is 76.3 Å². The molecule has 0 aliphatic heterocycles. The summed E-state index contributed by atoms with van der Waals surface area (Å²) in [5.41, 5.74) is 7.19. The van der Waals surface area contributed by atoms with Gasteiger partial charge in [0.15, 0.2) is 0 Å². The third kappa shape index (κ3) is 3.61. The smallest absolute Gasteiger partial charge is 0.0270 e. The fourth-order valence-corrected chi connectivity index (χ4v) is 1.23. The molecule has 0 amide bonds. The lowest BCUT2D eigenvalue weighted by molar-refractivity contribution is 0.445. The van der Waals surface area contributed by atoms with Gasteiger partial charge in [-0.05, 0) is 23.8 Å². The van der Waals surface area contributed by atoms with Crippen molar-refractivity contribution >= 4 is 0 Å². The van der Waals surface area contributed by atoms with Crippen LogP contribution in [0, 0.1) is 11.8 Å². The minimum atomic E-state index is 0.470.